The summed E-state index contributed by atoms with van der Waals surface area (Å²) in [5.41, 5.74) is 6.61. The molecular formula is C23H28N4O2. The van der Waals surface area contributed by atoms with Crippen LogP contribution < -0.4 is 5.32 Å². The van der Waals surface area contributed by atoms with E-state index in [2.05, 4.69) is 43.2 Å². The number of pyridine rings is 1. The molecule has 1 N–H and O–H groups in total. The molecule has 1 aromatic carbocycles. The summed E-state index contributed by atoms with van der Waals surface area (Å²) >= 11 is 0. The first-order chi connectivity index (χ1) is 13.7. The molecule has 0 saturated heterocycles. The highest BCUT2D eigenvalue weighted by atomic mass is 16.2. The molecule has 6 nitrogen and oxygen atoms in total. The van der Waals surface area contributed by atoms with Gasteiger partial charge in [0.2, 0.25) is 11.8 Å². The van der Waals surface area contributed by atoms with E-state index in [-0.39, 0.29) is 11.8 Å². The molecule has 29 heavy (non-hydrogen) atoms. The van der Waals surface area contributed by atoms with Crippen LogP contribution in [0.5, 0.6) is 0 Å². The normalized spacial score (nSPS) is 14.4. The van der Waals surface area contributed by atoms with Crippen LogP contribution in [0.2, 0.25) is 0 Å². The van der Waals surface area contributed by atoms with Crippen molar-refractivity contribution in [2.24, 2.45) is 0 Å². The second-order valence-electron chi connectivity index (χ2n) is 7.89. The number of amides is 2. The van der Waals surface area contributed by atoms with Gasteiger partial charge >= 0.3 is 0 Å². The van der Waals surface area contributed by atoms with Crippen molar-refractivity contribution in [2.45, 2.75) is 33.9 Å². The minimum Gasteiger partial charge on any atom is -0.338 e. The summed E-state index contributed by atoms with van der Waals surface area (Å²) in [5, 5.41) is 2.81. The van der Waals surface area contributed by atoms with Gasteiger partial charge < -0.3 is 10.2 Å². The molecule has 0 atom stereocenters. The van der Waals surface area contributed by atoms with E-state index in [1.807, 2.05) is 18.0 Å². The summed E-state index contributed by atoms with van der Waals surface area (Å²) < 4.78 is 0. The van der Waals surface area contributed by atoms with Crippen molar-refractivity contribution in [2.75, 3.05) is 26.0 Å². The van der Waals surface area contributed by atoms with Gasteiger partial charge in [-0.1, -0.05) is 12.1 Å². The molecule has 0 unspecified atom stereocenters. The van der Waals surface area contributed by atoms with Crippen molar-refractivity contribution < 1.29 is 9.59 Å². The molecule has 0 spiro atoms. The zero-order valence-electron chi connectivity index (χ0n) is 17.7. The van der Waals surface area contributed by atoms with E-state index < -0.39 is 0 Å². The largest absolute Gasteiger partial charge is 0.338 e. The number of aryl methyl sites for hydroxylation is 3. The van der Waals surface area contributed by atoms with E-state index in [0.29, 0.717) is 25.5 Å². The first kappa shape index (κ1) is 20.7. The Morgan fingerprint density at radius 1 is 1.17 bits per heavy atom. The van der Waals surface area contributed by atoms with Gasteiger partial charge in [0.25, 0.3) is 0 Å². The molecule has 2 amide bonds. The number of carbonyl (C=O) groups excluding carboxylic acids is 2. The van der Waals surface area contributed by atoms with E-state index >= 15 is 0 Å². The Balaban J connectivity index is 1.70. The molecule has 3 rings (SSSR count). The average Bonchev–Trinajstić information content (AvgIpc) is 2.79. The van der Waals surface area contributed by atoms with Gasteiger partial charge in [0.05, 0.1) is 6.54 Å². The zero-order chi connectivity index (χ0) is 21.1. The summed E-state index contributed by atoms with van der Waals surface area (Å²) in [7, 11) is 3.70. The number of rotatable bonds is 4. The van der Waals surface area contributed by atoms with Crippen molar-refractivity contribution in [3.63, 3.8) is 0 Å². The number of nitrogens with zero attached hydrogens (tertiary/aromatic N) is 3. The first-order valence-electron chi connectivity index (χ1n) is 9.70. The maximum atomic E-state index is 12.6. The lowest BCUT2D eigenvalue weighted by Crippen LogP contribution is -2.26. The maximum Gasteiger partial charge on any atom is 0.246 e. The molecule has 1 aromatic heterocycles. The maximum absolute atomic E-state index is 12.6. The number of fused-ring (bicyclic) bond motifs is 1. The second-order valence-corrected chi connectivity index (χ2v) is 7.89. The molecule has 1 aliphatic rings. The third-order valence-corrected chi connectivity index (χ3v) is 5.25. The molecule has 0 bridgehead atoms. The van der Waals surface area contributed by atoms with Crippen LogP contribution >= 0.6 is 0 Å². The molecule has 1 aliphatic heterocycles. The van der Waals surface area contributed by atoms with Crippen LogP contribution in [-0.2, 0) is 22.7 Å². The minimum absolute atomic E-state index is 0.0667. The van der Waals surface area contributed by atoms with Crippen LogP contribution in [0.15, 0.2) is 30.5 Å². The third-order valence-electron chi connectivity index (χ3n) is 5.25. The Hall–Kier alpha value is -2.99. The Morgan fingerprint density at radius 2 is 1.90 bits per heavy atom. The van der Waals surface area contributed by atoms with Crippen LogP contribution in [0, 0.1) is 20.8 Å². The quantitative estimate of drug-likeness (QED) is 0.812. The lowest BCUT2D eigenvalue weighted by Gasteiger charge is -2.18. The number of anilines is 1. The number of hydrogen-bond acceptors (Lipinski definition) is 4. The fraction of sp³-hybridized carbons (Fsp3) is 0.348. The molecule has 2 aromatic rings. The third kappa shape index (κ3) is 5.09. The summed E-state index contributed by atoms with van der Waals surface area (Å²) in [4.78, 5) is 32.4. The smallest absolute Gasteiger partial charge is 0.246 e. The number of nitrogens with one attached hydrogen (secondary N) is 1. The fourth-order valence-electron chi connectivity index (χ4n) is 3.44. The fourth-order valence-corrected chi connectivity index (χ4v) is 3.44. The summed E-state index contributed by atoms with van der Waals surface area (Å²) in [6.07, 6.45) is 5.01. The number of likely N-dealkylation sites (N-methyl/N-ethyl adjacent to an activating group) is 2. The van der Waals surface area contributed by atoms with E-state index in [1.165, 1.54) is 16.7 Å². The summed E-state index contributed by atoms with van der Waals surface area (Å²) in [5.74, 6) is 0.452. The summed E-state index contributed by atoms with van der Waals surface area (Å²) in [6, 6.07) is 6.27. The predicted molar refractivity (Wildman–Crippen MR) is 115 cm³/mol. The highest BCUT2D eigenvalue weighted by Crippen LogP contribution is 2.20. The van der Waals surface area contributed by atoms with Crippen LogP contribution in [0.25, 0.3) is 6.08 Å². The average molecular weight is 393 g/mol. The zero-order valence-corrected chi connectivity index (χ0v) is 17.7. The lowest BCUT2D eigenvalue weighted by atomic mass is 10.0. The van der Waals surface area contributed by atoms with Gasteiger partial charge in [-0.3, -0.25) is 14.5 Å². The number of aromatic nitrogens is 1. The second kappa shape index (κ2) is 8.57. The van der Waals surface area contributed by atoms with Crippen LogP contribution in [0.4, 0.5) is 5.82 Å². The Kier molecular flexibility index (Phi) is 6.13. The first-order valence-corrected chi connectivity index (χ1v) is 9.70. The monoisotopic (exact) mass is 392 g/mol. The van der Waals surface area contributed by atoms with Crippen LogP contribution in [0.3, 0.4) is 0 Å². The topological polar surface area (TPSA) is 65.5 Å². The van der Waals surface area contributed by atoms with Crippen molar-refractivity contribution >= 4 is 23.7 Å². The number of carbonyl (C=O) groups is 2. The van der Waals surface area contributed by atoms with E-state index in [0.717, 1.165) is 16.7 Å². The van der Waals surface area contributed by atoms with E-state index in [9.17, 15) is 9.59 Å². The standard InChI is InChI=1S/C23H28N4O2/c1-15-8-17(3)19(9-16(15)2)13-27(5)22(29)7-6-18-10-20-12-26(4)14-21(28)25-23(20)24-11-18/h6-11H,12-14H2,1-5H3,(H,24,25,28)/b7-6+. The molecule has 6 heteroatoms. The Labute approximate surface area is 172 Å². The predicted octanol–water partition coefficient (Wildman–Crippen LogP) is 3.06. The molecule has 0 fully saturated rings. The van der Waals surface area contributed by atoms with E-state index in [4.69, 9.17) is 0 Å². The van der Waals surface area contributed by atoms with Crippen LogP contribution in [-0.4, -0.2) is 47.2 Å². The van der Waals surface area contributed by atoms with Crippen LogP contribution in [0.1, 0.15) is 33.4 Å². The Bertz CT molecular complexity index is 981. The van der Waals surface area contributed by atoms with Gasteiger partial charge in [-0.05, 0) is 67.8 Å². The van der Waals surface area contributed by atoms with Crippen molar-refractivity contribution in [1.82, 2.24) is 14.8 Å². The van der Waals surface area contributed by atoms with E-state index in [1.54, 1.807) is 30.3 Å². The highest BCUT2D eigenvalue weighted by molar-refractivity contribution is 5.93. The molecule has 0 aliphatic carbocycles. The number of benzene rings is 1. The van der Waals surface area contributed by atoms with Crippen molar-refractivity contribution in [3.8, 4) is 0 Å². The van der Waals surface area contributed by atoms with Gasteiger partial charge in [-0.2, -0.15) is 0 Å². The van der Waals surface area contributed by atoms with Gasteiger partial charge in [-0.15, -0.1) is 0 Å². The minimum atomic E-state index is -0.0690. The van der Waals surface area contributed by atoms with Crippen molar-refractivity contribution in [3.05, 3.63) is 63.9 Å². The SMILES string of the molecule is Cc1cc(C)c(CN(C)C(=O)/C=C/c2cnc3c(c2)CN(C)CC(=O)N3)cc1C. The molecule has 2 heterocycles. The lowest BCUT2D eigenvalue weighted by molar-refractivity contribution is -0.125. The van der Waals surface area contributed by atoms with Gasteiger partial charge in [0.15, 0.2) is 0 Å². The van der Waals surface area contributed by atoms with Gasteiger partial charge in [0.1, 0.15) is 5.82 Å². The molecule has 0 radical (unpaired) electrons. The summed E-state index contributed by atoms with van der Waals surface area (Å²) in [6.45, 7) is 7.79. The Morgan fingerprint density at radius 3 is 2.66 bits per heavy atom. The molecular weight excluding hydrogens is 364 g/mol. The number of hydrogen-bond donors (Lipinski definition) is 1. The van der Waals surface area contributed by atoms with Crippen molar-refractivity contribution in [1.29, 1.82) is 0 Å². The van der Waals surface area contributed by atoms with Gasteiger partial charge in [-0.25, -0.2) is 4.98 Å². The molecule has 152 valence electrons. The van der Waals surface area contributed by atoms with Gasteiger partial charge in [0, 0.05) is 38.0 Å². The molecule has 0 saturated carbocycles. The highest BCUT2D eigenvalue weighted by Gasteiger charge is 2.17.